The number of rotatable bonds is 4. The molecule has 1 aliphatic heterocycles. The van der Waals surface area contributed by atoms with Crippen LogP contribution in [0.3, 0.4) is 0 Å². The molecule has 1 fully saturated rings. The lowest BCUT2D eigenvalue weighted by Gasteiger charge is -2.38. The third kappa shape index (κ3) is 5.22. The fourth-order valence-electron chi connectivity index (χ4n) is 1.91. The zero-order valence-corrected chi connectivity index (χ0v) is 10.5. The van der Waals surface area contributed by atoms with Crippen molar-refractivity contribution in [3.05, 3.63) is 0 Å². The van der Waals surface area contributed by atoms with Gasteiger partial charge in [-0.25, -0.2) is 0 Å². The second kappa shape index (κ2) is 5.88. The van der Waals surface area contributed by atoms with E-state index in [1.54, 1.807) is 0 Å². The Hall–Kier alpha value is -0.820. The molecule has 0 aromatic carbocycles. The van der Waals surface area contributed by atoms with Gasteiger partial charge in [0.25, 0.3) is 0 Å². The maximum absolute atomic E-state index is 11.9. The summed E-state index contributed by atoms with van der Waals surface area (Å²) in [5.41, 5.74) is 5.75. The van der Waals surface area contributed by atoms with Crippen LogP contribution < -0.4 is 11.1 Å². The first-order valence-corrected chi connectivity index (χ1v) is 6.00. The number of alkyl halides is 3. The van der Waals surface area contributed by atoms with E-state index in [1.165, 1.54) is 0 Å². The minimum absolute atomic E-state index is 0.0245. The molecule has 0 radical (unpaired) electrons. The van der Waals surface area contributed by atoms with Gasteiger partial charge >= 0.3 is 6.18 Å². The van der Waals surface area contributed by atoms with Gasteiger partial charge in [0.05, 0.1) is 6.54 Å². The number of halogens is 3. The van der Waals surface area contributed by atoms with Gasteiger partial charge < -0.3 is 11.1 Å². The molecule has 0 spiro atoms. The SMILES string of the molecule is CC1(CN)CCN(CC(=O)NCC(F)(F)F)CC1. The van der Waals surface area contributed by atoms with E-state index in [0.717, 1.165) is 12.8 Å². The Balaban J connectivity index is 2.27. The van der Waals surface area contributed by atoms with Gasteiger partial charge in [-0.1, -0.05) is 6.92 Å². The molecule has 0 atom stereocenters. The van der Waals surface area contributed by atoms with Crippen molar-refractivity contribution in [2.75, 3.05) is 32.7 Å². The predicted octanol–water partition coefficient (Wildman–Crippen LogP) is 0.726. The van der Waals surface area contributed by atoms with Crippen molar-refractivity contribution in [2.24, 2.45) is 11.1 Å². The molecule has 0 aromatic heterocycles. The molecule has 106 valence electrons. The monoisotopic (exact) mass is 267 g/mol. The Morgan fingerprint density at radius 1 is 1.39 bits per heavy atom. The average molecular weight is 267 g/mol. The van der Waals surface area contributed by atoms with Crippen molar-refractivity contribution in [3.8, 4) is 0 Å². The summed E-state index contributed by atoms with van der Waals surface area (Å²) in [6.07, 6.45) is -2.61. The normalized spacial score (nSPS) is 20.7. The number of carbonyl (C=O) groups excluding carboxylic acids is 1. The summed E-state index contributed by atoms with van der Waals surface area (Å²) < 4.78 is 35.7. The Labute approximate surface area is 105 Å². The molecule has 4 nitrogen and oxygen atoms in total. The average Bonchev–Trinajstić information content (AvgIpc) is 2.29. The summed E-state index contributed by atoms with van der Waals surface area (Å²) in [5, 5.41) is 1.87. The van der Waals surface area contributed by atoms with Crippen LogP contribution in [0.15, 0.2) is 0 Å². The van der Waals surface area contributed by atoms with Crippen LogP contribution in [0.1, 0.15) is 19.8 Å². The van der Waals surface area contributed by atoms with Crippen LogP contribution in [0.4, 0.5) is 13.2 Å². The van der Waals surface area contributed by atoms with Gasteiger partial charge in [-0.2, -0.15) is 13.2 Å². The fourth-order valence-corrected chi connectivity index (χ4v) is 1.91. The van der Waals surface area contributed by atoms with Crippen LogP contribution in [0.5, 0.6) is 0 Å². The summed E-state index contributed by atoms with van der Waals surface area (Å²) in [6, 6.07) is 0. The van der Waals surface area contributed by atoms with E-state index in [-0.39, 0.29) is 12.0 Å². The number of hydrogen-bond acceptors (Lipinski definition) is 3. The Morgan fingerprint density at radius 2 is 1.94 bits per heavy atom. The molecule has 1 amide bonds. The first-order chi connectivity index (χ1) is 8.24. The van der Waals surface area contributed by atoms with Crippen LogP contribution in [-0.4, -0.2) is 49.7 Å². The van der Waals surface area contributed by atoms with Crippen molar-refractivity contribution in [2.45, 2.75) is 25.9 Å². The summed E-state index contributed by atoms with van der Waals surface area (Å²) in [7, 11) is 0. The first-order valence-electron chi connectivity index (χ1n) is 6.00. The molecule has 7 heteroatoms. The number of amides is 1. The summed E-state index contributed by atoms with van der Waals surface area (Å²) in [4.78, 5) is 13.2. The van der Waals surface area contributed by atoms with Gasteiger partial charge in [-0.05, 0) is 37.9 Å². The standard InChI is InChI=1S/C11H20F3N3O/c1-10(7-15)2-4-17(5-3-10)6-9(18)16-8-11(12,13)14/h2-8,15H2,1H3,(H,16,18). The van der Waals surface area contributed by atoms with Crippen molar-refractivity contribution < 1.29 is 18.0 Å². The van der Waals surface area contributed by atoms with Gasteiger partial charge in [0.2, 0.25) is 5.91 Å². The summed E-state index contributed by atoms with van der Waals surface area (Å²) in [6.45, 7) is 2.85. The minimum Gasteiger partial charge on any atom is -0.346 e. The first kappa shape index (κ1) is 15.2. The second-order valence-electron chi connectivity index (χ2n) is 5.18. The van der Waals surface area contributed by atoms with Gasteiger partial charge in [0.1, 0.15) is 6.54 Å². The number of piperidine rings is 1. The van der Waals surface area contributed by atoms with Gasteiger partial charge in [0.15, 0.2) is 0 Å². The number of hydrogen-bond donors (Lipinski definition) is 2. The van der Waals surface area contributed by atoms with Crippen LogP contribution in [0.2, 0.25) is 0 Å². The molecule has 3 N–H and O–H groups in total. The molecule has 0 unspecified atom stereocenters. The van der Waals surface area contributed by atoms with E-state index in [1.807, 2.05) is 10.2 Å². The van der Waals surface area contributed by atoms with Crippen LogP contribution in [0, 0.1) is 5.41 Å². The summed E-state index contributed by atoms with van der Waals surface area (Å²) >= 11 is 0. The highest BCUT2D eigenvalue weighted by Gasteiger charge is 2.30. The molecule has 0 aliphatic carbocycles. The molecule has 1 rings (SSSR count). The molecule has 0 bridgehead atoms. The molecule has 18 heavy (non-hydrogen) atoms. The van der Waals surface area contributed by atoms with Crippen LogP contribution in [0.25, 0.3) is 0 Å². The Morgan fingerprint density at radius 3 is 2.39 bits per heavy atom. The van der Waals surface area contributed by atoms with E-state index >= 15 is 0 Å². The largest absolute Gasteiger partial charge is 0.405 e. The van der Waals surface area contributed by atoms with E-state index in [0.29, 0.717) is 19.6 Å². The van der Waals surface area contributed by atoms with Crippen molar-refractivity contribution in [1.82, 2.24) is 10.2 Å². The highest BCUT2D eigenvalue weighted by molar-refractivity contribution is 5.78. The molecule has 0 aromatic rings. The van der Waals surface area contributed by atoms with E-state index in [4.69, 9.17) is 5.73 Å². The lowest BCUT2D eigenvalue weighted by Crippen LogP contribution is -2.47. The van der Waals surface area contributed by atoms with Gasteiger partial charge in [-0.3, -0.25) is 9.69 Å². The number of nitrogens with two attached hydrogens (primary N) is 1. The van der Waals surface area contributed by atoms with E-state index < -0.39 is 18.6 Å². The minimum atomic E-state index is -4.35. The quantitative estimate of drug-likeness (QED) is 0.789. The van der Waals surface area contributed by atoms with Crippen molar-refractivity contribution in [3.63, 3.8) is 0 Å². The maximum Gasteiger partial charge on any atom is 0.405 e. The molecule has 0 saturated carbocycles. The third-order valence-corrected chi connectivity index (χ3v) is 3.41. The number of nitrogens with zero attached hydrogens (tertiary/aromatic N) is 1. The molecular formula is C11H20F3N3O. The van der Waals surface area contributed by atoms with Gasteiger partial charge in [0, 0.05) is 0 Å². The maximum atomic E-state index is 11.9. The van der Waals surface area contributed by atoms with Crippen LogP contribution >= 0.6 is 0 Å². The van der Waals surface area contributed by atoms with E-state index in [2.05, 4.69) is 6.92 Å². The highest BCUT2D eigenvalue weighted by Crippen LogP contribution is 2.29. The Kier molecular flexibility index (Phi) is 4.98. The van der Waals surface area contributed by atoms with E-state index in [9.17, 15) is 18.0 Å². The zero-order valence-electron chi connectivity index (χ0n) is 10.5. The highest BCUT2D eigenvalue weighted by atomic mass is 19.4. The molecule has 1 heterocycles. The topological polar surface area (TPSA) is 58.4 Å². The smallest absolute Gasteiger partial charge is 0.346 e. The molecule has 1 saturated heterocycles. The zero-order chi connectivity index (χ0) is 13.8. The predicted molar refractivity (Wildman–Crippen MR) is 61.9 cm³/mol. The summed E-state index contributed by atoms with van der Waals surface area (Å²) in [5.74, 6) is -0.580. The van der Waals surface area contributed by atoms with Gasteiger partial charge in [-0.15, -0.1) is 0 Å². The van der Waals surface area contributed by atoms with Crippen molar-refractivity contribution >= 4 is 5.91 Å². The van der Waals surface area contributed by atoms with Crippen LogP contribution in [-0.2, 0) is 4.79 Å². The molecule has 1 aliphatic rings. The Bertz CT molecular complexity index is 286. The van der Waals surface area contributed by atoms with Crippen molar-refractivity contribution in [1.29, 1.82) is 0 Å². The number of nitrogens with one attached hydrogen (secondary N) is 1. The third-order valence-electron chi connectivity index (χ3n) is 3.41. The second-order valence-corrected chi connectivity index (χ2v) is 5.18. The lowest BCUT2D eigenvalue weighted by molar-refractivity contribution is -0.139. The molecular weight excluding hydrogens is 247 g/mol. The number of likely N-dealkylation sites (tertiary alicyclic amines) is 1. The lowest BCUT2D eigenvalue weighted by atomic mass is 9.80. The fraction of sp³-hybridized carbons (Fsp3) is 0.909. The number of carbonyl (C=O) groups is 1.